The summed E-state index contributed by atoms with van der Waals surface area (Å²) in [6.07, 6.45) is 0.553. The van der Waals surface area contributed by atoms with Gasteiger partial charge in [0.15, 0.2) is 9.84 Å². The molecule has 0 bridgehead atoms. The van der Waals surface area contributed by atoms with Gasteiger partial charge in [0.1, 0.15) is 11.6 Å². The molecule has 6 nitrogen and oxygen atoms in total. The summed E-state index contributed by atoms with van der Waals surface area (Å²) in [4.78, 5) is 7.89. The highest BCUT2D eigenvalue weighted by atomic mass is 32.2. The van der Waals surface area contributed by atoms with E-state index >= 15 is 0 Å². The second-order valence-electron chi connectivity index (χ2n) is 5.61. The van der Waals surface area contributed by atoms with Crippen molar-refractivity contribution in [3.63, 3.8) is 0 Å². The number of aromatic amines is 1. The summed E-state index contributed by atoms with van der Waals surface area (Å²) >= 11 is 0. The van der Waals surface area contributed by atoms with Crippen molar-refractivity contribution in [1.29, 1.82) is 5.26 Å². The first-order valence-electron chi connectivity index (χ1n) is 7.79. The van der Waals surface area contributed by atoms with Gasteiger partial charge in [-0.1, -0.05) is 6.92 Å². The van der Waals surface area contributed by atoms with E-state index in [9.17, 15) is 8.42 Å². The van der Waals surface area contributed by atoms with E-state index in [1.54, 1.807) is 30.3 Å². The number of nitrogens with zero attached hydrogens (tertiary/aromatic N) is 2. The van der Waals surface area contributed by atoms with Crippen LogP contribution in [-0.4, -0.2) is 31.2 Å². The Bertz CT molecular complexity index is 1080. The summed E-state index contributed by atoms with van der Waals surface area (Å²) < 4.78 is 29.9. The van der Waals surface area contributed by atoms with Crippen molar-refractivity contribution in [3.05, 3.63) is 42.0 Å². The number of H-pyrrole nitrogens is 1. The van der Waals surface area contributed by atoms with Gasteiger partial charge in [0, 0.05) is 0 Å². The first kappa shape index (κ1) is 17.0. The summed E-state index contributed by atoms with van der Waals surface area (Å²) in [6.45, 7) is 1.83. The molecule has 7 heteroatoms. The molecule has 0 unspecified atom stereocenters. The molecule has 0 atom stereocenters. The van der Waals surface area contributed by atoms with Crippen LogP contribution in [0.1, 0.15) is 18.9 Å². The number of aromatic nitrogens is 2. The fraction of sp³-hybridized carbons (Fsp3) is 0.222. The third-order valence-corrected chi connectivity index (χ3v) is 5.79. The van der Waals surface area contributed by atoms with E-state index in [-0.39, 0.29) is 10.6 Å². The summed E-state index contributed by atoms with van der Waals surface area (Å²) in [5.41, 5.74) is 2.65. The molecule has 3 rings (SSSR count). The van der Waals surface area contributed by atoms with Crippen LogP contribution in [0, 0.1) is 11.3 Å². The maximum Gasteiger partial charge on any atom is 0.178 e. The van der Waals surface area contributed by atoms with Crippen LogP contribution in [0.25, 0.3) is 22.4 Å². The summed E-state index contributed by atoms with van der Waals surface area (Å²) in [5.74, 6) is 1.08. The van der Waals surface area contributed by atoms with E-state index in [4.69, 9.17) is 10.00 Å². The van der Waals surface area contributed by atoms with Crippen LogP contribution in [0.4, 0.5) is 0 Å². The van der Waals surface area contributed by atoms with Gasteiger partial charge in [0.2, 0.25) is 0 Å². The summed E-state index contributed by atoms with van der Waals surface area (Å²) in [5, 5.41) is 8.99. The highest BCUT2D eigenvalue weighted by Gasteiger charge is 2.18. The number of nitrogens with one attached hydrogen (secondary N) is 1. The molecule has 25 heavy (non-hydrogen) atoms. The van der Waals surface area contributed by atoms with Crippen molar-refractivity contribution in [2.75, 3.05) is 12.9 Å². The normalized spacial score (nSPS) is 11.4. The fourth-order valence-electron chi connectivity index (χ4n) is 2.65. The van der Waals surface area contributed by atoms with Gasteiger partial charge in [-0.15, -0.1) is 0 Å². The van der Waals surface area contributed by atoms with Crippen LogP contribution in [0.5, 0.6) is 5.75 Å². The van der Waals surface area contributed by atoms with Crippen molar-refractivity contribution in [1.82, 2.24) is 9.97 Å². The molecule has 1 heterocycles. The van der Waals surface area contributed by atoms with Crippen LogP contribution in [0.3, 0.4) is 0 Å². The zero-order chi connectivity index (χ0) is 18.0. The van der Waals surface area contributed by atoms with Crippen LogP contribution in [0.2, 0.25) is 0 Å². The van der Waals surface area contributed by atoms with Gasteiger partial charge in [0.25, 0.3) is 0 Å². The first-order valence-corrected chi connectivity index (χ1v) is 9.44. The molecule has 0 radical (unpaired) electrons. The lowest BCUT2D eigenvalue weighted by molar-refractivity contribution is 0.415. The first-order chi connectivity index (χ1) is 12.0. The summed E-state index contributed by atoms with van der Waals surface area (Å²) in [7, 11) is -1.83. The summed E-state index contributed by atoms with van der Waals surface area (Å²) in [6, 6.07) is 12.0. The molecule has 3 aromatic rings. The Morgan fingerprint density at radius 2 is 2.04 bits per heavy atom. The number of hydrogen-bond donors (Lipinski definition) is 1. The van der Waals surface area contributed by atoms with Crippen LogP contribution in [0.15, 0.2) is 41.3 Å². The second kappa shape index (κ2) is 6.57. The Morgan fingerprint density at radius 3 is 2.72 bits per heavy atom. The Balaban J connectivity index is 2.10. The SMILES string of the molecule is CCCS(=O)(=O)c1ccc(-c2nc3ccc(C#N)cc3[nH]2)c(OC)c1. The Labute approximate surface area is 146 Å². The smallest absolute Gasteiger partial charge is 0.178 e. The number of methoxy groups -OCH3 is 1. The molecule has 0 aliphatic heterocycles. The Hall–Kier alpha value is -2.85. The third-order valence-electron chi connectivity index (χ3n) is 3.87. The zero-order valence-corrected chi connectivity index (χ0v) is 14.7. The van der Waals surface area contributed by atoms with E-state index in [0.717, 1.165) is 11.0 Å². The minimum atomic E-state index is -3.32. The lowest BCUT2D eigenvalue weighted by Gasteiger charge is -2.09. The predicted molar refractivity (Wildman–Crippen MR) is 95.1 cm³/mol. The van der Waals surface area contributed by atoms with Gasteiger partial charge in [-0.25, -0.2) is 13.4 Å². The topological polar surface area (TPSA) is 95.8 Å². The standard InChI is InChI=1S/C18H17N3O3S/c1-3-8-25(22,23)13-5-6-14(17(10-13)24-2)18-20-15-7-4-12(11-19)9-16(15)21-18/h4-7,9-10H,3,8H2,1-2H3,(H,20,21). The number of fused-ring (bicyclic) bond motifs is 1. The quantitative estimate of drug-likeness (QED) is 0.757. The molecule has 0 saturated heterocycles. The van der Waals surface area contributed by atoms with E-state index in [0.29, 0.717) is 29.1 Å². The molecule has 0 amide bonds. The minimum Gasteiger partial charge on any atom is -0.496 e. The molecule has 0 saturated carbocycles. The van der Waals surface area contributed by atoms with Crippen molar-refractivity contribution in [2.45, 2.75) is 18.2 Å². The van der Waals surface area contributed by atoms with Crippen LogP contribution in [-0.2, 0) is 9.84 Å². The van der Waals surface area contributed by atoms with Crippen molar-refractivity contribution < 1.29 is 13.2 Å². The number of sulfone groups is 1. The van der Waals surface area contributed by atoms with E-state index in [1.165, 1.54) is 13.2 Å². The van der Waals surface area contributed by atoms with Crippen LogP contribution < -0.4 is 4.74 Å². The predicted octanol–water partition coefficient (Wildman–Crippen LogP) is 3.29. The number of benzene rings is 2. The van der Waals surface area contributed by atoms with E-state index in [2.05, 4.69) is 16.0 Å². The molecule has 1 N–H and O–H groups in total. The average Bonchev–Trinajstić information content (AvgIpc) is 3.03. The van der Waals surface area contributed by atoms with Crippen LogP contribution >= 0.6 is 0 Å². The molecular formula is C18H17N3O3S. The number of ether oxygens (including phenoxy) is 1. The molecule has 0 spiro atoms. The largest absolute Gasteiger partial charge is 0.496 e. The van der Waals surface area contributed by atoms with Gasteiger partial charge >= 0.3 is 0 Å². The molecule has 1 aromatic heterocycles. The number of nitriles is 1. The monoisotopic (exact) mass is 355 g/mol. The lowest BCUT2D eigenvalue weighted by Crippen LogP contribution is -2.06. The minimum absolute atomic E-state index is 0.0943. The van der Waals surface area contributed by atoms with E-state index in [1.807, 2.05) is 6.92 Å². The number of imidazole rings is 1. The molecule has 0 fully saturated rings. The second-order valence-corrected chi connectivity index (χ2v) is 7.72. The molecular weight excluding hydrogens is 338 g/mol. The highest BCUT2D eigenvalue weighted by molar-refractivity contribution is 7.91. The van der Waals surface area contributed by atoms with Gasteiger partial charge in [-0.2, -0.15) is 5.26 Å². The Morgan fingerprint density at radius 1 is 1.24 bits per heavy atom. The van der Waals surface area contributed by atoms with Gasteiger partial charge in [-0.3, -0.25) is 0 Å². The maximum absolute atomic E-state index is 12.2. The molecule has 0 aliphatic rings. The van der Waals surface area contributed by atoms with Gasteiger partial charge in [-0.05, 0) is 42.8 Å². The number of hydrogen-bond acceptors (Lipinski definition) is 5. The van der Waals surface area contributed by atoms with Crippen molar-refractivity contribution in [3.8, 4) is 23.2 Å². The zero-order valence-electron chi connectivity index (χ0n) is 13.9. The Kier molecular flexibility index (Phi) is 4.47. The number of rotatable bonds is 5. The van der Waals surface area contributed by atoms with E-state index < -0.39 is 9.84 Å². The fourth-order valence-corrected chi connectivity index (χ4v) is 3.99. The van der Waals surface area contributed by atoms with Gasteiger partial charge < -0.3 is 9.72 Å². The molecule has 128 valence electrons. The maximum atomic E-state index is 12.2. The third kappa shape index (κ3) is 3.21. The molecule has 2 aromatic carbocycles. The van der Waals surface area contributed by atoms with Gasteiger partial charge in [0.05, 0.1) is 46.0 Å². The molecule has 0 aliphatic carbocycles. The average molecular weight is 355 g/mol. The van der Waals surface area contributed by atoms with Crippen molar-refractivity contribution >= 4 is 20.9 Å². The van der Waals surface area contributed by atoms with Crippen molar-refractivity contribution in [2.24, 2.45) is 0 Å². The lowest BCUT2D eigenvalue weighted by atomic mass is 10.2. The highest BCUT2D eigenvalue weighted by Crippen LogP contribution is 2.32.